The molecule has 0 radical (unpaired) electrons. The molecule has 0 spiro atoms. The number of phenolic OH excluding ortho intramolecular Hbond substituents is 1. The molecule has 20 heavy (non-hydrogen) atoms. The monoisotopic (exact) mass is 273 g/mol. The Morgan fingerprint density at radius 3 is 2.85 bits per heavy atom. The molecule has 1 aliphatic heterocycles. The van der Waals surface area contributed by atoms with Crippen LogP contribution in [-0.2, 0) is 6.54 Å². The summed E-state index contributed by atoms with van der Waals surface area (Å²) in [5, 5.41) is 12.8. The maximum Gasteiger partial charge on any atom is 0.231 e. The number of fused-ring (bicyclic) bond motifs is 1. The summed E-state index contributed by atoms with van der Waals surface area (Å²) < 4.78 is 15.7. The van der Waals surface area contributed by atoms with Crippen LogP contribution in [0.1, 0.15) is 5.56 Å². The third-order valence-corrected chi connectivity index (χ3v) is 3.11. The van der Waals surface area contributed by atoms with Crippen LogP contribution < -0.4 is 19.5 Å². The molecule has 0 saturated heterocycles. The Kier molecular flexibility index (Phi) is 3.25. The number of hydrogen-bond acceptors (Lipinski definition) is 5. The highest BCUT2D eigenvalue weighted by Gasteiger charge is 2.13. The van der Waals surface area contributed by atoms with Crippen molar-refractivity contribution in [2.24, 2.45) is 0 Å². The highest BCUT2D eigenvalue weighted by molar-refractivity contribution is 5.56. The zero-order valence-corrected chi connectivity index (χ0v) is 11.1. The highest BCUT2D eigenvalue weighted by atomic mass is 16.7. The van der Waals surface area contributed by atoms with E-state index in [1.165, 1.54) is 7.11 Å². The molecule has 0 atom stereocenters. The molecule has 0 aliphatic carbocycles. The van der Waals surface area contributed by atoms with Gasteiger partial charge in [-0.3, -0.25) is 0 Å². The molecule has 1 aliphatic rings. The van der Waals surface area contributed by atoms with Crippen molar-refractivity contribution in [3.05, 3.63) is 42.0 Å². The zero-order chi connectivity index (χ0) is 13.9. The molecule has 3 rings (SSSR count). The van der Waals surface area contributed by atoms with Gasteiger partial charge >= 0.3 is 0 Å². The van der Waals surface area contributed by atoms with Crippen molar-refractivity contribution in [3.63, 3.8) is 0 Å². The van der Waals surface area contributed by atoms with Gasteiger partial charge in [0.05, 0.1) is 7.11 Å². The SMILES string of the molecule is COc1cc(CNc2ccc3c(c2)OCO3)ccc1O. The maximum absolute atomic E-state index is 9.55. The average molecular weight is 273 g/mol. The number of ether oxygens (including phenoxy) is 3. The molecule has 0 fully saturated rings. The van der Waals surface area contributed by atoms with Crippen molar-refractivity contribution in [2.75, 3.05) is 19.2 Å². The van der Waals surface area contributed by atoms with Gasteiger partial charge in [-0.25, -0.2) is 0 Å². The predicted molar refractivity (Wildman–Crippen MR) is 74.6 cm³/mol. The minimum Gasteiger partial charge on any atom is -0.504 e. The lowest BCUT2D eigenvalue weighted by molar-refractivity contribution is 0.174. The van der Waals surface area contributed by atoms with Gasteiger partial charge in [-0.1, -0.05) is 6.07 Å². The summed E-state index contributed by atoms with van der Waals surface area (Å²) in [4.78, 5) is 0. The van der Waals surface area contributed by atoms with Crippen molar-refractivity contribution >= 4 is 5.69 Å². The van der Waals surface area contributed by atoms with Gasteiger partial charge in [-0.05, 0) is 29.8 Å². The molecule has 0 saturated carbocycles. The van der Waals surface area contributed by atoms with E-state index in [-0.39, 0.29) is 12.5 Å². The summed E-state index contributed by atoms with van der Waals surface area (Å²) in [6.07, 6.45) is 0. The first-order valence-electron chi connectivity index (χ1n) is 6.25. The number of methoxy groups -OCH3 is 1. The summed E-state index contributed by atoms with van der Waals surface area (Å²) in [5.74, 6) is 2.12. The lowest BCUT2D eigenvalue weighted by atomic mass is 10.2. The Bertz CT molecular complexity index is 616. The van der Waals surface area contributed by atoms with Crippen LogP contribution >= 0.6 is 0 Å². The number of hydrogen-bond donors (Lipinski definition) is 2. The molecule has 2 aromatic carbocycles. The van der Waals surface area contributed by atoms with Crippen molar-refractivity contribution in [2.45, 2.75) is 6.54 Å². The summed E-state index contributed by atoms with van der Waals surface area (Å²) in [6.45, 7) is 0.893. The Balaban J connectivity index is 1.70. The minimum atomic E-state index is 0.138. The van der Waals surface area contributed by atoms with Crippen LogP contribution in [0, 0.1) is 0 Å². The zero-order valence-electron chi connectivity index (χ0n) is 11.1. The van der Waals surface area contributed by atoms with Crippen LogP contribution in [0.4, 0.5) is 5.69 Å². The van der Waals surface area contributed by atoms with Crippen molar-refractivity contribution in [1.29, 1.82) is 0 Å². The van der Waals surface area contributed by atoms with E-state index in [1.807, 2.05) is 24.3 Å². The van der Waals surface area contributed by atoms with Gasteiger partial charge in [0.25, 0.3) is 0 Å². The smallest absolute Gasteiger partial charge is 0.231 e. The van der Waals surface area contributed by atoms with Crippen LogP contribution in [0.15, 0.2) is 36.4 Å². The van der Waals surface area contributed by atoms with Crippen LogP contribution in [0.25, 0.3) is 0 Å². The first-order chi connectivity index (χ1) is 9.76. The molecule has 0 amide bonds. The fourth-order valence-electron chi connectivity index (χ4n) is 2.04. The van der Waals surface area contributed by atoms with E-state index in [0.717, 1.165) is 22.7 Å². The average Bonchev–Trinajstić information content (AvgIpc) is 2.94. The van der Waals surface area contributed by atoms with Crippen molar-refractivity contribution in [3.8, 4) is 23.0 Å². The first kappa shape index (κ1) is 12.5. The standard InChI is InChI=1S/C15H15NO4/c1-18-14-6-10(2-4-12(14)17)8-16-11-3-5-13-15(7-11)20-9-19-13/h2-7,16-17H,8-9H2,1H3. The molecule has 104 valence electrons. The van der Waals surface area contributed by atoms with E-state index in [2.05, 4.69) is 5.32 Å². The van der Waals surface area contributed by atoms with Crippen LogP contribution in [0.2, 0.25) is 0 Å². The molecule has 1 heterocycles. The van der Waals surface area contributed by atoms with Crippen molar-refractivity contribution in [1.82, 2.24) is 0 Å². The van der Waals surface area contributed by atoms with Gasteiger partial charge in [-0.2, -0.15) is 0 Å². The quantitative estimate of drug-likeness (QED) is 0.897. The third-order valence-electron chi connectivity index (χ3n) is 3.11. The van der Waals surface area contributed by atoms with Gasteiger partial charge in [0.2, 0.25) is 6.79 Å². The molecule has 5 nitrogen and oxygen atoms in total. The van der Waals surface area contributed by atoms with Gasteiger partial charge in [0.15, 0.2) is 23.0 Å². The first-order valence-corrected chi connectivity index (χ1v) is 6.25. The van der Waals surface area contributed by atoms with E-state index in [4.69, 9.17) is 14.2 Å². The van der Waals surface area contributed by atoms with Crippen LogP contribution in [-0.4, -0.2) is 19.0 Å². The fraction of sp³-hybridized carbons (Fsp3) is 0.200. The fourth-order valence-corrected chi connectivity index (χ4v) is 2.04. The largest absolute Gasteiger partial charge is 0.504 e. The van der Waals surface area contributed by atoms with Gasteiger partial charge in [0.1, 0.15) is 0 Å². The highest BCUT2D eigenvalue weighted by Crippen LogP contribution is 2.34. The molecule has 0 aromatic heterocycles. The molecule has 5 heteroatoms. The van der Waals surface area contributed by atoms with Crippen LogP contribution in [0.3, 0.4) is 0 Å². The van der Waals surface area contributed by atoms with E-state index in [0.29, 0.717) is 12.3 Å². The topological polar surface area (TPSA) is 60.0 Å². The molecule has 2 aromatic rings. The Hall–Kier alpha value is -2.56. The number of aromatic hydroxyl groups is 1. The number of phenols is 1. The second-order valence-electron chi connectivity index (χ2n) is 4.43. The van der Waals surface area contributed by atoms with Gasteiger partial charge in [0, 0.05) is 18.3 Å². The number of anilines is 1. The second-order valence-corrected chi connectivity index (χ2v) is 4.43. The molecule has 2 N–H and O–H groups in total. The normalized spacial score (nSPS) is 12.2. The Morgan fingerprint density at radius 1 is 1.15 bits per heavy atom. The third kappa shape index (κ3) is 2.42. The number of rotatable bonds is 4. The maximum atomic E-state index is 9.55. The van der Waals surface area contributed by atoms with E-state index >= 15 is 0 Å². The summed E-state index contributed by atoms with van der Waals surface area (Å²) >= 11 is 0. The molecular formula is C15H15NO4. The minimum absolute atomic E-state index is 0.138. The second kappa shape index (κ2) is 5.21. The summed E-state index contributed by atoms with van der Waals surface area (Å²) in [5.41, 5.74) is 1.96. The van der Waals surface area contributed by atoms with Crippen LogP contribution in [0.5, 0.6) is 23.0 Å². The Morgan fingerprint density at radius 2 is 2.00 bits per heavy atom. The summed E-state index contributed by atoms with van der Waals surface area (Å²) in [7, 11) is 1.53. The lowest BCUT2D eigenvalue weighted by Crippen LogP contribution is -1.99. The van der Waals surface area contributed by atoms with E-state index in [1.54, 1.807) is 12.1 Å². The van der Waals surface area contributed by atoms with Gasteiger partial charge in [-0.15, -0.1) is 0 Å². The molecular weight excluding hydrogens is 258 g/mol. The Labute approximate surface area is 116 Å². The van der Waals surface area contributed by atoms with Crippen molar-refractivity contribution < 1.29 is 19.3 Å². The van der Waals surface area contributed by atoms with E-state index < -0.39 is 0 Å². The lowest BCUT2D eigenvalue weighted by Gasteiger charge is -2.09. The summed E-state index contributed by atoms with van der Waals surface area (Å²) in [6, 6.07) is 11.0. The number of benzene rings is 2. The molecule has 0 bridgehead atoms. The number of nitrogens with one attached hydrogen (secondary N) is 1. The predicted octanol–water partition coefficient (Wildman–Crippen LogP) is 2.74. The van der Waals surface area contributed by atoms with Gasteiger partial charge < -0.3 is 24.6 Å². The van der Waals surface area contributed by atoms with E-state index in [9.17, 15) is 5.11 Å². The molecule has 0 unspecified atom stereocenters.